The van der Waals surface area contributed by atoms with E-state index < -0.39 is 0 Å². The molecular formula is C17H26N2O2. The minimum absolute atomic E-state index is 0.0945. The molecule has 0 bridgehead atoms. The highest BCUT2D eigenvalue weighted by molar-refractivity contribution is 5.76. The predicted octanol–water partition coefficient (Wildman–Crippen LogP) is 2.79. The average molecular weight is 290 g/mol. The Bertz CT molecular complexity index is 497. The smallest absolute Gasteiger partial charge is 0.221 e. The summed E-state index contributed by atoms with van der Waals surface area (Å²) in [5, 5.41) is 6.41. The van der Waals surface area contributed by atoms with Crippen molar-refractivity contribution in [2.75, 3.05) is 6.54 Å². The second-order valence-corrected chi connectivity index (χ2v) is 6.58. The van der Waals surface area contributed by atoms with Crippen LogP contribution in [0.4, 0.5) is 0 Å². The van der Waals surface area contributed by atoms with Crippen molar-refractivity contribution in [2.24, 2.45) is 0 Å². The van der Waals surface area contributed by atoms with Crippen LogP contribution in [0.2, 0.25) is 0 Å². The highest BCUT2D eigenvalue weighted by Gasteiger charge is 2.33. The Labute approximate surface area is 127 Å². The van der Waals surface area contributed by atoms with Crippen LogP contribution in [-0.2, 0) is 4.79 Å². The molecule has 0 spiro atoms. The number of carbonyl (C=O) groups is 1. The molecule has 1 aromatic rings. The summed E-state index contributed by atoms with van der Waals surface area (Å²) in [5.74, 6) is 1.04. The maximum absolute atomic E-state index is 11.7. The van der Waals surface area contributed by atoms with Crippen LogP contribution in [-0.4, -0.2) is 24.1 Å². The Morgan fingerprint density at radius 3 is 2.81 bits per heavy atom. The molecule has 116 valence electrons. The molecule has 0 aromatic heterocycles. The van der Waals surface area contributed by atoms with Crippen molar-refractivity contribution in [3.8, 4) is 5.75 Å². The number of fused-ring (bicyclic) bond motifs is 1. The molecule has 4 nitrogen and oxygen atoms in total. The lowest BCUT2D eigenvalue weighted by Crippen LogP contribution is -2.40. The number of nitrogens with one attached hydrogen (secondary N) is 2. The van der Waals surface area contributed by atoms with Crippen LogP contribution in [0.15, 0.2) is 24.3 Å². The second kappa shape index (κ2) is 6.48. The van der Waals surface area contributed by atoms with E-state index in [-0.39, 0.29) is 23.6 Å². The number of ether oxygens (including phenoxy) is 1. The fraction of sp³-hybridized carbons (Fsp3) is 0.588. The summed E-state index contributed by atoms with van der Waals surface area (Å²) in [5.41, 5.74) is 0.993. The molecule has 1 atom stereocenters. The van der Waals surface area contributed by atoms with Crippen LogP contribution in [0.1, 0.15) is 52.1 Å². The second-order valence-electron chi connectivity index (χ2n) is 6.58. The summed E-state index contributed by atoms with van der Waals surface area (Å²) in [4.78, 5) is 11.7. The molecule has 1 aliphatic heterocycles. The fourth-order valence-electron chi connectivity index (χ4n) is 2.74. The van der Waals surface area contributed by atoms with E-state index in [1.165, 1.54) is 5.56 Å². The monoisotopic (exact) mass is 290 g/mol. The van der Waals surface area contributed by atoms with Gasteiger partial charge in [-0.25, -0.2) is 0 Å². The molecule has 2 N–H and O–H groups in total. The zero-order chi connectivity index (χ0) is 15.5. The van der Waals surface area contributed by atoms with Crippen molar-refractivity contribution in [2.45, 2.75) is 58.2 Å². The maximum atomic E-state index is 11.7. The molecule has 0 aliphatic carbocycles. The molecule has 0 saturated carbocycles. The van der Waals surface area contributed by atoms with Gasteiger partial charge < -0.3 is 15.4 Å². The van der Waals surface area contributed by atoms with Gasteiger partial charge in [0.15, 0.2) is 0 Å². The van der Waals surface area contributed by atoms with E-state index >= 15 is 0 Å². The van der Waals surface area contributed by atoms with Crippen molar-refractivity contribution in [1.29, 1.82) is 0 Å². The van der Waals surface area contributed by atoms with E-state index in [4.69, 9.17) is 4.74 Å². The molecule has 2 rings (SSSR count). The van der Waals surface area contributed by atoms with Crippen LogP contribution in [0.25, 0.3) is 0 Å². The van der Waals surface area contributed by atoms with Gasteiger partial charge in [0.2, 0.25) is 5.91 Å². The van der Waals surface area contributed by atoms with Crippen LogP contribution < -0.4 is 15.4 Å². The summed E-state index contributed by atoms with van der Waals surface area (Å²) in [7, 11) is 0. The van der Waals surface area contributed by atoms with Crippen molar-refractivity contribution in [3.05, 3.63) is 29.8 Å². The molecular weight excluding hydrogens is 264 g/mol. The van der Waals surface area contributed by atoms with Gasteiger partial charge in [0.25, 0.3) is 0 Å². The van der Waals surface area contributed by atoms with E-state index in [1.54, 1.807) is 0 Å². The number of carbonyl (C=O) groups excluding carboxylic acids is 1. The molecule has 0 fully saturated rings. The van der Waals surface area contributed by atoms with Gasteiger partial charge in [0.1, 0.15) is 11.4 Å². The normalized spacial score (nSPS) is 19.8. The van der Waals surface area contributed by atoms with Crippen LogP contribution >= 0.6 is 0 Å². The van der Waals surface area contributed by atoms with Crippen LogP contribution in [0.3, 0.4) is 0 Å². The number of rotatable bonds is 5. The lowest BCUT2D eigenvalue weighted by Gasteiger charge is -2.38. The Kier molecular flexibility index (Phi) is 4.88. The zero-order valence-electron chi connectivity index (χ0n) is 13.4. The molecule has 4 heteroatoms. The van der Waals surface area contributed by atoms with Gasteiger partial charge >= 0.3 is 0 Å². The summed E-state index contributed by atoms with van der Waals surface area (Å²) < 4.78 is 6.01. The standard InChI is InChI=1S/C17H26N2O2/c1-12(2)19-16(20)9-10-18-14-11-17(3,4)21-15-8-6-5-7-13(14)15/h5-8,12,14,18H,9-11H2,1-4H3,(H,19,20). The number of hydrogen-bond acceptors (Lipinski definition) is 3. The first-order valence-electron chi connectivity index (χ1n) is 7.68. The molecule has 0 saturated heterocycles. The van der Waals surface area contributed by atoms with Crippen molar-refractivity contribution >= 4 is 5.91 Å². The predicted molar refractivity (Wildman–Crippen MR) is 84.4 cm³/mol. The summed E-state index contributed by atoms with van der Waals surface area (Å²) >= 11 is 0. The van der Waals surface area contributed by atoms with Gasteiger partial charge in [-0.05, 0) is 33.8 Å². The molecule has 1 heterocycles. The van der Waals surface area contributed by atoms with Gasteiger partial charge in [-0.15, -0.1) is 0 Å². The molecule has 1 aliphatic rings. The Balaban J connectivity index is 1.95. The topological polar surface area (TPSA) is 50.4 Å². The lowest BCUT2D eigenvalue weighted by molar-refractivity contribution is -0.121. The molecule has 21 heavy (non-hydrogen) atoms. The highest BCUT2D eigenvalue weighted by atomic mass is 16.5. The quantitative estimate of drug-likeness (QED) is 0.876. The molecule has 1 aromatic carbocycles. The SMILES string of the molecule is CC(C)NC(=O)CCNC1CC(C)(C)Oc2ccccc21. The molecule has 1 amide bonds. The van der Waals surface area contributed by atoms with Gasteiger partial charge in [-0.1, -0.05) is 18.2 Å². The third-order valence-corrected chi connectivity index (χ3v) is 3.57. The van der Waals surface area contributed by atoms with Crippen molar-refractivity contribution in [3.63, 3.8) is 0 Å². The summed E-state index contributed by atoms with van der Waals surface area (Å²) in [6.07, 6.45) is 1.40. The number of amides is 1. The number of hydrogen-bond donors (Lipinski definition) is 2. The first kappa shape index (κ1) is 15.8. The van der Waals surface area contributed by atoms with Crippen LogP contribution in [0.5, 0.6) is 5.75 Å². The van der Waals surface area contributed by atoms with E-state index in [9.17, 15) is 4.79 Å². The summed E-state index contributed by atoms with van der Waals surface area (Å²) in [6.45, 7) is 8.82. The minimum Gasteiger partial charge on any atom is -0.487 e. The minimum atomic E-state index is -0.188. The highest BCUT2D eigenvalue weighted by Crippen LogP contribution is 2.39. The average Bonchev–Trinajstić information content (AvgIpc) is 2.36. The number of benzene rings is 1. The first-order valence-corrected chi connectivity index (χ1v) is 7.68. The van der Waals surface area contributed by atoms with Crippen molar-refractivity contribution < 1.29 is 9.53 Å². The van der Waals surface area contributed by atoms with Gasteiger partial charge in [0, 0.05) is 37.0 Å². The van der Waals surface area contributed by atoms with E-state index in [0.29, 0.717) is 13.0 Å². The van der Waals surface area contributed by atoms with Gasteiger partial charge in [-0.3, -0.25) is 4.79 Å². The third kappa shape index (κ3) is 4.46. The third-order valence-electron chi connectivity index (χ3n) is 3.57. The molecule has 1 unspecified atom stereocenters. The Hall–Kier alpha value is -1.55. The Morgan fingerprint density at radius 1 is 1.38 bits per heavy atom. The molecule has 0 radical (unpaired) electrons. The fourth-order valence-corrected chi connectivity index (χ4v) is 2.74. The zero-order valence-corrected chi connectivity index (χ0v) is 13.4. The van der Waals surface area contributed by atoms with Crippen molar-refractivity contribution in [1.82, 2.24) is 10.6 Å². The van der Waals surface area contributed by atoms with Crippen LogP contribution in [0, 0.1) is 0 Å². The van der Waals surface area contributed by atoms with E-state index in [2.05, 4.69) is 30.5 Å². The number of para-hydroxylation sites is 1. The Morgan fingerprint density at radius 2 is 2.10 bits per heavy atom. The lowest BCUT2D eigenvalue weighted by atomic mass is 9.89. The largest absolute Gasteiger partial charge is 0.487 e. The first-order chi connectivity index (χ1) is 9.87. The van der Waals surface area contributed by atoms with Gasteiger partial charge in [0.05, 0.1) is 0 Å². The maximum Gasteiger partial charge on any atom is 0.221 e. The van der Waals surface area contributed by atoms with Gasteiger partial charge in [-0.2, -0.15) is 0 Å². The summed E-state index contributed by atoms with van der Waals surface area (Å²) in [6, 6.07) is 8.55. The van der Waals surface area contributed by atoms with E-state index in [0.717, 1.165) is 12.2 Å². The van der Waals surface area contributed by atoms with E-state index in [1.807, 2.05) is 32.0 Å².